The molecule has 1 amide bonds. The Hall–Kier alpha value is -2.38. The van der Waals surface area contributed by atoms with Crippen molar-refractivity contribution in [1.29, 1.82) is 0 Å². The SMILES string of the molecule is CCOC(=O)N1CCC2(CC1)N=C(N)c1c(F)ccc(F)c1N2. The molecule has 2 aliphatic rings. The zero-order chi connectivity index (χ0) is 16.6. The van der Waals surface area contributed by atoms with E-state index in [9.17, 15) is 13.6 Å². The van der Waals surface area contributed by atoms with E-state index in [0.29, 0.717) is 32.5 Å². The summed E-state index contributed by atoms with van der Waals surface area (Å²) in [6.07, 6.45) is 0.483. The van der Waals surface area contributed by atoms with Crippen molar-refractivity contribution < 1.29 is 18.3 Å². The van der Waals surface area contributed by atoms with Gasteiger partial charge in [-0.1, -0.05) is 0 Å². The lowest BCUT2D eigenvalue weighted by atomic mass is 9.93. The summed E-state index contributed by atoms with van der Waals surface area (Å²) in [6, 6.07) is 2.08. The number of rotatable bonds is 1. The van der Waals surface area contributed by atoms with Crippen molar-refractivity contribution in [3.05, 3.63) is 29.3 Å². The third kappa shape index (κ3) is 2.69. The number of hydrogen-bond acceptors (Lipinski definition) is 5. The number of piperidine rings is 1. The predicted octanol–water partition coefficient (Wildman–Crippen LogP) is 2.04. The van der Waals surface area contributed by atoms with E-state index in [1.807, 2.05) is 0 Å². The molecule has 3 rings (SSSR count). The first-order valence-corrected chi connectivity index (χ1v) is 7.49. The Labute approximate surface area is 132 Å². The molecule has 3 N–H and O–H groups in total. The van der Waals surface area contributed by atoms with E-state index >= 15 is 0 Å². The number of fused-ring (bicyclic) bond motifs is 1. The van der Waals surface area contributed by atoms with Gasteiger partial charge in [-0.05, 0) is 19.1 Å². The molecule has 0 radical (unpaired) electrons. The van der Waals surface area contributed by atoms with Crippen molar-refractivity contribution in [3.8, 4) is 0 Å². The van der Waals surface area contributed by atoms with Crippen LogP contribution in [-0.4, -0.2) is 42.2 Å². The second kappa shape index (κ2) is 5.68. The summed E-state index contributed by atoms with van der Waals surface area (Å²) >= 11 is 0. The number of likely N-dealkylation sites (tertiary alicyclic amines) is 1. The van der Waals surface area contributed by atoms with E-state index < -0.39 is 17.3 Å². The number of hydrogen-bond donors (Lipinski definition) is 2. The van der Waals surface area contributed by atoms with Crippen LogP contribution in [0.15, 0.2) is 17.1 Å². The van der Waals surface area contributed by atoms with E-state index in [0.717, 1.165) is 12.1 Å². The Morgan fingerprint density at radius 2 is 2.04 bits per heavy atom. The van der Waals surface area contributed by atoms with Gasteiger partial charge < -0.3 is 20.7 Å². The van der Waals surface area contributed by atoms with Crippen LogP contribution in [0.4, 0.5) is 19.3 Å². The number of halogens is 2. The van der Waals surface area contributed by atoms with E-state index in [1.165, 1.54) is 0 Å². The lowest BCUT2D eigenvalue weighted by Gasteiger charge is -2.42. The zero-order valence-electron chi connectivity index (χ0n) is 12.7. The number of carbonyl (C=O) groups excluding carboxylic acids is 1. The Bertz CT molecular complexity index is 670. The number of amides is 1. The molecule has 2 heterocycles. The van der Waals surface area contributed by atoms with Crippen LogP contribution in [0.3, 0.4) is 0 Å². The molecular weight excluding hydrogens is 306 g/mol. The van der Waals surface area contributed by atoms with Gasteiger partial charge in [0.2, 0.25) is 0 Å². The second-order valence-corrected chi connectivity index (χ2v) is 5.62. The molecule has 0 bridgehead atoms. The normalized spacial score (nSPS) is 18.9. The average Bonchev–Trinajstić information content (AvgIpc) is 2.51. The number of ether oxygens (including phenoxy) is 1. The first kappa shape index (κ1) is 15.5. The molecular formula is C15H18F2N4O2. The summed E-state index contributed by atoms with van der Waals surface area (Å²) in [5, 5.41) is 2.98. The van der Waals surface area contributed by atoms with Crippen LogP contribution < -0.4 is 11.1 Å². The van der Waals surface area contributed by atoms with Gasteiger partial charge in [0.1, 0.15) is 23.1 Å². The Morgan fingerprint density at radius 3 is 2.70 bits per heavy atom. The summed E-state index contributed by atoms with van der Waals surface area (Å²) in [4.78, 5) is 17.7. The van der Waals surface area contributed by atoms with Crippen molar-refractivity contribution in [2.24, 2.45) is 10.7 Å². The van der Waals surface area contributed by atoms with Crippen molar-refractivity contribution in [1.82, 2.24) is 4.90 Å². The molecule has 1 fully saturated rings. The molecule has 8 heteroatoms. The van der Waals surface area contributed by atoms with Crippen molar-refractivity contribution in [2.75, 3.05) is 25.0 Å². The van der Waals surface area contributed by atoms with Crippen LogP contribution in [-0.2, 0) is 4.74 Å². The van der Waals surface area contributed by atoms with Crippen LogP contribution in [0, 0.1) is 11.6 Å². The molecule has 0 atom stereocenters. The molecule has 0 unspecified atom stereocenters. The lowest BCUT2D eigenvalue weighted by molar-refractivity contribution is 0.0905. The van der Waals surface area contributed by atoms with Crippen LogP contribution in [0.1, 0.15) is 25.3 Å². The number of nitrogens with zero attached hydrogens (tertiary/aromatic N) is 2. The third-order valence-corrected chi connectivity index (χ3v) is 4.17. The highest BCUT2D eigenvalue weighted by Crippen LogP contribution is 2.36. The largest absolute Gasteiger partial charge is 0.450 e. The molecule has 23 heavy (non-hydrogen) atoms. The van der Waals surface area contributed by atoms with Gasteiger partial charge in [-0.3, -0.25) is 0 Å². The fraction of sp³-hybridized carbons (Fsp3) is 0.467. The van der Waals surface area contributed by atoms with Crippen LogP contribution in [0.25, 0.3) is 0 Å². The number of nitrogens with one attached hydrogen (secondary N) is 1. The maximum atomic E-state index is 14.0. The standard InChI is InChI=1S/C15H18F2N4O2/c1-2-23-14(22)21-7-5-15(6-8-21)19-12-10(17)4-3-9(16)11(12)13(18)20-15/h3-4,19H,2,5-8H2,1H3,(H2,18,20). The summed E-state index contributed by atoms with van der Waals surface area (Å²) in [7, 11) is 0. The summed E-state index contributed by atoms with van der Waals surface area (Å²) in [6.45, 7) is 2.84. The minimum absolute atomic E-state index is 0.0275. The zero-order valence-corrected chi connectivity index (χ0v) is 12.7. The Balaban J connectivity index is 1.83. The molecule has 1 aromatic carbocycles. The van der Waals surface area contributed by atoms with Gasteiger partial charge in [-0.2, -0.15) is 0 Å². The van der Waals surface area contributed by atoms with Gasteiger partial charge in [0.25, 0.3) is 0 Å². The molecule has 6 nitrogen and oxygen atoms in total. The highest BCUT2D eigenvalue weighted by molar-refractivity contribution is 6.04. The Morgan fingerprint density at radius 1 is 1.39 bits per heavy atom. The smallest absolute Gasteiger partial charge is 0.409 e. The van der Waals surface area contributed by atoms with Crippen LogP contribution in [0.2, 0.25) is 0 Å². The molecule has 0 aromatic heterocycles. The monoisotopic (exact) mass is 324 g/mol. The molecule has 0 aliphatic carbocycles. The second-order valence-electron chi connectivity index (χ2n) is 5.62. The van der Waals surface area contributed by atoms with Gasteiger partial charge in [0, 0.05) is 25.9 Å². The maximum Gasteiger partial charge on any atom is 0.409 e. The highest BCUT2D eigenvalue weighted by Gasteiger charge is 2.40. The lowest BCUT2D eigenvalue weighted by Crippen LogP contribution is -2.52. The van der Waals surface area contributed by atoms with Crippen molar-refractivity contribution in [3.63, 3.8) is 0 Å². The van der Waals surface area contributed by atoms with Crippen molar-refractivity contribution >= 4 is 17.6 Å². The third-order valence-electron chi connectivity index (χ3n) is 4.17. The summed E-state index contributed by atoms with van der Waals surface area (Å²) in [5.74, 6) is -1.22. The molecule has 1 spiro atoms. The number of nitrogens with two attached hydrogens (primary N) is 1. The van der Waals surface area contributed by atoms with E-state index in [4.69, 9.17) is 10.5 Å². The molecule has 1 saturated heterocycles. The topological polar surface area (TPSA) is 80.0 Å². The number of amidine groups is 1. The summed E-state index contributed by atoms with van der Waals surface area (Å²) < 4.78 is 32.9. The fourth-order valence-electron chi connectivity index (χ4n) is 2.98. The number of anilines is 1. The van der Waals surface area contributed by atoms with Gasteiger partial charge in [0.05, 0.1) is 17.9 Å². The first-order valence-electron chi connectivity index (χ1n) is 7.49. The predicted molar refractivity (Wildman–Crippen MR) is 81.3 cm³/mol. The molecule has 2 aliphatic heterocycles. The molecule has 1 aromatic rings. The first-order chi connectivity index (χ1) is 11.0. The number of carbonyl (C=O) groups is 1. The quantitative estimate of drug-likeness (QED) is 0.828. The van der Waals surface area contributed by atoms with Gasteiger partial charge in [-0.15, -0.1) is 0 Å². The molecule has 124 valence electrons. The van der Waals surface area contributed by atoms with E-state index in [2.05, 4.69) is 10.3 Å². The van der Waals surface area contributed by atoms with Crippen LogP contribution in [0.5, 0.6) is 0 Å². The minimum atomic E-state index is -0.825. The van der Waals surface area contributed by atoms with E-state index in [-0.39, 0.29) is 23.2 Å². The van der Waals surface area contributed by atoms with Gasteiger partial charge in [-0.25, -0.2) is 18.6 Å². The molecule has 0 saturated carbocycles. The number of aliphatic imine (C=N–C) groups is 1. The maximum absolute atomic E-state index is 14.0. The van der Waals surface area contributed by atoms with Gasteiger partial charge in [0.15, 0.2) is 0 Å². The highest BCUT2D eigenvalue weighted by atomic mass is 19.1. The number of benzene rings is 1. The van der Waals surface area contributed by atoms with Gasteiger partial charge >= 0.3 is 6.09 Å². The summed E-state index contributed by atoms with van der Waals surface area (Å²) in [5.41, 5.74) is 5.03. The minimum Gasteiger partial charge on any atom is -0.450 e. The van der Waals surface area contributed by atoms with Crippen LogP contribution >= 0.6 is 0 Å². The van der Waals surface area contributed by atoms with E-state index in [1.54, 1.807) is 11.8 Å². The van der Waals surface area contributed by atoms with Crippen molar-refractivity contribution in [2.45, 2.75) is 25.4 Å². The fourth-order valence-corrected chi connectivity index (χ4v) is 2.98. The Kier molecular flexibility index (Phi) is 3.83. The average molecular weight is 324 g/mol.